The van der Waals surface area contributed by atoms with Crippen molar-refractivity contribution in [1.29, 1.82) is 0 Å². The van der Waals surface area contributed by atoms with E-state index in [2.05, 4.69) is 47.3 Å². The van der Waals surface area contributed by atoms with Gasteiger partial charge in [-0.1, -0.05) is 12.1 Å². The zero-order valence-electron chi connectivity index (χ0n) is 12.9. The number of aryl methyl sites for hydroxylation is 2. The van der Waals surface area contributed by atoms with Gasteiger partial charge in [-0.05, 0) is 57.2 Å². The first-order valence-corrected chi connectivity index (χ1v) is 7.28. The minimum absolute atomic E-state index is 0.114. The summed E-state index contributed by atoms with van der Waals surface area (Å²) >= 11 is 0. The second-order valence-corrected chi connectivity index (χ2v) is 6.29. The summed E-state index contributed by atoms with van der Waals surface area (Å²) in [6.45, 7) is 9.13. The fourth-order valence-corrected chi connectivity index (χ4v) is 2.40. The van der Waals surface area contributed by atoms with Crippen LogP contribution in [-0.2, 0) is 17.8 Å². The average molecular weight is 272 g/mol. The van der Waals surface area contributed by atoms with E-state index >= 15 is 0 Å². The number of fused-ring (bicyclic) bond motifs is 1. The van der Waals surface area contributed by atoms with Gasteiger partial charge in [-0.15, -0.1) is 0 Å². The minimum atomic E-state index is -0.155. The van der Waals surface area contributed by atoms with Crippen molar-refractivity contribution in [3.63, 3.8) is 0 Å². The first-order chi connectivity index (χ1) is 9.39. The zero-order chi connectivity index (χ0) is 14.8. The number of hydrogen-bond acceptors (Lipinski definition) is 1. The maximum Gasteiger partial charge on any atom is 0.220 e. The van der Waals surface area contributed by atoms with Crippen molar-refractivity contribution in [2.45, 2.75) is 52.6 Å². The van der Waals surface area contributed by atoms with Gasteiger partial charge in [-0.3, -0.25) is 4.79 Å². The molecule has 0 radical (unpaired) electrons. The first kappa shape index (κ1) is 14.6. The third-order valence-corrected chi connectivity index (χ3v) is 3.33. The number of nitrogens with zero attached hydrogens (tertiary/aromatic N) is 1. The lowest BCUT2D eigenvalue weighted by Crippen LogP contribution is -2.40. The number of nitrogens with one attached hydrogen (secondary N) is 1. The van der Waals surface area contributed by atoms with Crippen LogP contribution in [0.1, 0.15) is 39.7 Å². The van der Waals surface area contributed by atoms with Crippen LogP contribution in [0.15, 0.2) is 30.5 Å². The Hall–Kier alpha value is -1.77. The summed E-state index contributed by atoms with van der Waals surface area (Å²) in [6, 6.07) is 8.59. The molecule has 2 rings (SSSR count). The lowest BCUT2D eigenvalue weighted by atomic mass is 10.1. The summed E-state index contributed by atoms with van der Waals surface area (Å²) in [4.78, 5) is 11.9. The predicted octanol–water partition coefficient (Wildman–Crippen LogP) is 3.51. The molecular weight excluding hydrogens is 248 g/mol. The molecule has 0 unspecified atom stereocenters. The molecule has 1 aromatic heterocycles. The molecule has 2 aromatic rings. The molecular formula is C17H24N2O. The highest BCUT2D eigenvalue weighted by molar-refractivity contribution is 5.81. The van der Waals surface area contributed by atoms with Gasteiger partial charge >= 0.3 is 0 Å². The van der Waals surface area contributed by atoms with Crippen LogP contribution in [0.25, 0.3) is 10.9 Å². The van der Waals surface area contributed by atoms with Gasteiger partial charge in [-0.25, -0.2) is 0 Å². The molecule has 108 valence electrons. The maximum absolute atomic E-state index is 11.9. The van der Waals surface area contributed by atoms with Crippen LogP contribution >= 0.6 is 0 Å². The van der Waals surface area contributed by atoms with E-state index in [1.165, 1.54) is 16.5 Å². The molecule has 3 heteroatoms. The van der Waals surface area contributed by atoms with Crippen molar-refractivity contribution in [2.24, 2.45) is 0 Å². The number of rotatable bonds is 4. The van der Waals surface area contributed by atoms with Crippen molar-refractivity contribution in [3.05, 3.63) is 36.0 Å². The largest absolute Gasteiger partial charge is 0.351 e. The van der Waals surface area contributed by atoms with Crippen LogP contribution in [0.5, 0.6) is 0 Å². The third-order valence-electron chi connectivity index (χ3n) is 3.33. The molecule has 0 saturated heterocycles. The fourth-order valence-electron chi connectivity index (χ4n) is 2.40. The molecule has 0 saturated carbocycles. The summed E-state index contributed by atoms with van der Waals surface area (Å²) in [5.41, 5.74) is 2.31. The Morgan fingerprint density at radius 3 is 2.65 bits per heavy atom. The SMILES string of the molecule is CCn1ccc2ccc(CCC(=O)NC(C)(C)C)cc21. The Kier molecular flexibility index (Phi) is 4.17. The highest BCUT2D eigenvalue weighted by Gasteiger charge is 2.13. The molecule has 0 aliphatic heterocycles. The van der Waals surface area contributed by atoms with Crippen LogP contribution in [0, 0.1) is 0 Å². The summed E-state index contributed by atoms with van der Waals surface area (Å²) in [7, 11) is 0. The molecule has 1 heterocycles. The molecule has 0 bridgehead atoms. The molecule has 0 spiro atoms. The predicted molar refractivity (Wildman–Crippen MR) is 83.8 cm³/mol. The lowest BCUT2D eigenvalue weighted by molar-refractivity contribution is -0.122. The van der Waals surface area contributed by atoms with Crippen LogP contribution in [0.3, 0.4) is 0 Å². The average Bonchev–Trinajstić information content (AvgIpc) is 2.76. The summed E-state index contributed by atoms with van der Waals surface area (Å²) in [5, 5.41) is 4.26. The highest BCUT2D eigenvalue weighted by Crippen LogP contribution is 2.18. The summed E-state index contributed by atoms with van der Waals surface area (Å²) < 4.78 is 2.23. The van der Waals surface area contributed by atoms with Crippen LogP contribution in [0.4, 0.5) is 0 Å². The second kappa shape index (κ2) is 5.70. The van der Waals surface area contributed by atoms with Gasteiger partial charge in [0.25, 0.3) is 0 Å². The van der Waals surface area contributed by atoms with Gasteiger partial charge in [-0.2, -0.15) is 0 Å². The Labute approximate surface area is 121 Å². The van der Waals surface area contributed by atoms with E-state index < -0.39 is 0 Å². The molecule has 0 atom stereocenters. The fraction of sp³-hybridized carbons (Fsp3) is 0.471. The van der Waals surface area contributed by atoms with E-state index in [-0.39, 0.29) is 11.4 Å². The molecule has 1 aromatic carbocycles. The highest BCUT2D eigenvalue weighted by atomic mass is 16.1. The third kappa shape index (κ3) is 3.62. The van der Waals surface area contributed by atoms with Crippen LogP contribution in [-0.4, -0.2) is 16.0 Å². The van der Waals surface area contributed by atoms with Gasteiger partial charge in [0.05, 0.1) is 0 Å². The van der Waals surface area contributed by atoms with Gasteiger partial charge < -0.3 is 9.88 Å². The van der Waals surface area contributed by atoms with Crippen molar-refractivity contribution in [2.75, 3.05) is 0 Å². The van der Waals surface area contributed by atoms with Crippen LogP contribution in [0.2, 0.25) is 0 Å². The quantitative estimate of drug-likeness (QED) is 0.908. The van der Waals surface area contributed by atoms with E-state index in [0.717, 1.165) is 13.0 Å². The van der Waals surface area contributed by atoms with Gasteiger partial charge in [0.2, 0.25) is 5.91 Å². The molecule has 0 aliphatic carbocycles. The van der Waals surface area contributed by atoms with Crippen molar-refractivity contribution < 1.29 is 4.79 Å². The van der Waals surface area contributed by atoms with E-state index in [9.17, 15) is 4.79 Å². The van der Waals surface area contributed by atoms with Crippen molar-refractivity contribution in [1.82, 2.24) is 9.88 Å². The molecule has 0 aliphatic rings. The topological polar surface area (TPSA) is 34.0 Å². The minimum Gasteiger partial charge on any atom is -0.351 e. The molecule has 1 amide bonds. The number of benzene rings is 1. The Morgan fingerprint density at radius 2 is 2.00 bits per heavy atom. The molecule has 20 heavy (non-hydrogen) atoms. The Morgan fingerprint density at radius 1 is 1.25 bits per heavy atom. The molecule has 1 N–H and O–H groups in total. The monoisotopic (exact) mass is 272 g/mol. The van der Waals surface area contributed by atoms with Gasteiger partial charge in [0.15, 0.2) is 0 Å². The summed E-state index contributed by atoms with van der Waals surface area (Å²) in [5.74, 6) is 0.114. The first-order valence-electron chi connectivity index (χ1n) is 7.28. The second-order valence-electron chi connectivity index (χ2n) is 6.29. The summed E-state index contributed by atoms with van der Waals surface area (Å²) in [6.07, 6.45) is 3.43. The van der Waals surface area contributed by atoms with Crippen molar-refractivity contribution in [3.8, 4) is 0 Å². The van der Waals surface area contributed by atoms with Crippen molar-refractivity contribution >= 4 is 16.8 Å². The number of carbonyl (C=O) groups is 1. The molecule has 3 nitrogen and oxygen atoms in total. The lowest BCUT2D eigenvalue weighted by Gasteiger charge is -2.20. The maximum atomic E-state index is 11.9. The smallest absolute Gasteiger partial charge is 0.220 e. The van der Waals surface area contributed by atoms with E-state index in [1.54, 1.807) is 0 Å². The number of aromatic nitrogens is 1. The number of amides is 1. The zero-order valence-corrected chi connectivity index (χ0v) is 12.9. The van der Waals surface area contributed by atoms with Gasteiger partial charge in [0, 0.05) is 30.2 Å². The van der Waals surface area contributed by atoms with E-state index in [4.69, 9.17) is 0 Å². The standard InChI is InChI=1S/C17H24N2O/c1-5-19-11-10-14-8-6-13(12-15(14)19)7-9-16(20)18-17(2,3)4/h6,8,10-12H,5,7,9H2,1-4H3,(H,18,20). The molecule has 0 fully saturated rings. The van der Waals surface area contributed by atoms with E-state index in [0.29, 0.717) is 6.42 Å². The number of carbonyl (C=O) groups excluding carboxylic acids is 1. The number of hydrogen-bond donors (Lipinski definition) is 1. The van der Waals surface area contributed by atoms with Crippen LogP contribution < -0.4 is 5.32 Å². The normalized spacial score (nSPS) is 11.8. The Balaban J connectivity index is 2.05. The van der Waals surface area contributed by atoms with Gasteiger partial charge in [0.1, 0.15) is 0 Å². The Bertz CT molecular complexity index is 605. The van der Waals surface area contributed by atoms with E-state index in [1.807, 2.05) is 20.8 Å².